The molecule has 2 fully saturated rings. The summed E-state index contributed by atoms with van der Waals surface area (Å²) in [5.41, 5.74) is 1.74. The summed E-state index contributed by atoms with van der Waals surface area (Å²) < 4.78 is 0. The van der Waals surface area contributed by atoms with Crippen molar-refractivity contribution in [2.45, 2.75) is 12.1 Å². The highest BCUT2D eigenvalue weighted by atomic mass is 32.1. The van der Waals surface area contributed by atoms with Crippen LogP contribution in [0.5, 0.6) is 0 Å². The Morgan fingerprint density at radius 2 is 1.82 bits per heavy atom. The number of nitrogens with one attached hydrogen (secondary N) is 4. The molecule has 6 nitrogen and oxygen atoms in total. The fraction of sp³-hybridized carbons (Fsp3) is 0.133. The normalized spacial score (nSPS) is 23.1. The minimum atomic E-state index is -0.802. The summed E-state index contributed by atoms with van der Waals surface area (Å²) in [6.07, 6.45) is 0. The van der Waals surface area contributed by atoms with Gasteiger partial charge in [0.05, 0.1) is 5.82 Å². The fourth-order valence-electron chi connectivity index (χ4n) is 2.16. The first kappa shape index (κ1) is 14.1. The molecule has 7 heteroatoms. The summed E-state index contributed by atoms with van der Waals surface area (Å²) in [5.74, 6) is 5.84. The third-order valence-corrected chi connectivity index (χ3v) is 3.57. The zero-order chi connectivity index (χ0) is 15.7. The number of carbonyl (C=O) groups is 2. The number of carbonyl (C=O) groups excluding carboxylic acids is 2. The van der Waals surface area contributed by atoms with Crippen molar-refractivity contribution in [2.24, 2.45) is 0 Å². The van der Waals surface area contributed by atoms with E-state index in [2.05, 4.69) is 39.7 Å². The molecule has 0 bridgehead atoms. The summed E-state index contributed by atoms with van der Waals surface area (Å²) in [7, 11) is 0. The molecule has 0 radical (unpaired) electrons. The van der Waals surface area contributed by atoms with Crippen LogP contribution < -0.4 is 21.3 Å². The summed E-state index contributed by atoms with van der Waals surface area (Å²) >= 11 is 5.23. The summed E-state index contributed by atoms with van der Waals surface area (Å²) in [6, 6.07) is 6.06. The monoisotopic (exact) mass is 312 g/mol. The number of urea groups is 1. The van der Waals surface area contributed by atoms with Crippen LogP contribution in [0.4, 0.5) is 4.79 Å². The Bertz CT molecular complexity index is 745. The lowest BCUT2D eigenvalue weighted by atomic mass is 10.1. The maximum Gasteiger partial charge on any atom is 0.322 e. The van der Waals surface area contributed by atoms with E-state index in [0.29, 0.717) is 10.8 Å². The summed E-state index contributed by atoms with van der Waals surface area (Å²) in [6.45, 7) is 3.78. The van der Waals surface area contributed by atoms with Crippen LogP contribution in [0.2, 0.25) is 0 Å². The van der Waals surface area contributed by atoms with Crippen LogP contribution in [0.15, 0.2) is 36.7 Å². The molecule has 3 rings (SSSR count). The van der Waals surface area contributed by atoms with Crippen molar-refractivity contribution in [1.82, 2.24) is 21.3 Å². The van der Waals surface area contributed by atoms with Gasteiger partial charge in [-0.05, 0) is 17.7 Å². The molecule has 0 spiro atoms. The largest absolute Gasteiger partial charge is 0.359 e. The quantitative estimate of drug-likeness (QED) is 0.340. The highest BCUT2D eigenvalue weighted by molar-refractivity contribution is 7.80. The lowest BCUT2D eigenvalue weighted by molar-refractivity contribution is -0.119. The minimum absolute atomic E-state index is 0.0931. The highest BCUT2D eigenvalue weighted by Gasteiger charge is 2.27. The minimum Gasteiger partial charge on any atom is -0.359 e. The van der Waals surface area contributed by atoms with E-state index in [-0.39, 0.29) is 6.04 Å². The number of hydrogen-bond acceptors (Lipinski definition) is 4. The lowest BCUT2D eigenvalue weighted by Crippen LogP contribution is -2.26. The average Bonchev–Trinajstić information content (AvgIpc) is 2.98. The molecule has 2 unspecified atom stereocenters. The number of benzene rings is 1. The van der Waals surface area contributed by atoms with Gasteiger partial charge in [-0.3, -0.25) is 10.1 Å². The smallest absolute Gasteiger partial charge is 0.322 e. The van der Waals surface area contributed by atoms with E-state index in [4.69, 9.17) is 12.2 Å². The highest BCUT2D eigenvalue weighted by Crippen LogP contribution is 2.20. The third-order valence-electron chi connectivity index (χ3n) is 3.23. The van der Waals surface area contributed by atoms with Gasteiger partial charge in [0, 0.05) is 5.56 Å². The molecule has 0 saturated carbocycles. The topological polar surface area (TPSA) is 82.3 Å². The van der Waals surface area contributed by atoms with E-state index in [1.54, 1.807) is 0 Å². The van der Waals surface area contributed by atoms with Crippen LogP contribution in [-0.2, 0) is 4.79 Å². The number of thiocarbonyl (C=S) groups is 1. The Balaban J connectivity index is 1.73. The Morgan fingerprint density at radius 1 is 1.09 bits per heavy atom. The van der Waals surface area contributed by atoms with Gasteiger partial charge in [-0.1, -0.05) is 42.8 Å². The molecular weight excluding hydrogens is 300 g/mol. The van der Waals surface area contributed by atoms with Crippen molar-refractivity contribution in [2.75, 3.05) is 0 Å². The summed E-state index contributed by atoms with van der Waals surface area (Å²) in [4.78, 5) is 23.0. The molecular formula is C15H12N4O2S. The van der Waals surface area contributed by atoms with Crippen molar-refractivity contribution < 1.29 is 9.59 Å². The molecule has 110 valence electrons. The average molecular weight is 312 g/mol. The second-order valence-electron chi connectivity index (χ2n) is 4.83. The zero-order valence-corrected chi connectivity index (χ0v) is 12.2. The molecule has 1 aromatic rings. The maximum absolute atomic E-state index is 11.4. The molecule has 2 aliphatic rings. The molecule has 0 aromatic heterocycles. The fourth-order valence-corrected chi connectivity index (χ4v) is 2.48. The van der Waals surface area contributed by atoms with Gasteiger partial charge >= 0.3 is 6.03 Å². The van der Waals surface area contributed by atoms with Crippen LogP contribution in [-0.4, -0.2) is 23.0 Å². The number of imide groups is 1. The van der Waals surface area contributed by atoms with E-state index in [1.165, 1.54) is 0 Å². The molecule has 0 aliphatic carbocycles. The van der Waals surface area contributed by atoms with E-state index in [1.807, 2.05) is 24.3 Å². The van der Waals surface area contributed by atoms with E-state index < -0.39 is 18.0 Å². The van der Waals surface area contributed by atoms with Crippen molar-refractivity contribution in [3.8, 4) is 11.8 Å². The van der Waals surface area contributed by atoms with Crippen LogP contribution in [0.25, 0.3) is 0 Å². The Kier molecular flexibility index (Phi) is 3.53. The van der Waals surface area contributed by atoms with Crippen molar-refractivity contribution in [3.05, 3.63) is 47.8 Å². The molecule has 2 atom stereocenters. The van der Waals surface area contributed by atoms with Crippen LogP contribution in [0.1, 0.15) is 17.2 Å². The molecule has 1 aromatic carbocycles. The lowest BCUT2D eigenvalue weighted by Gasteiger charge is -2.09. The van der Waals surface area contributed by atoms with Gasteiger partial charge < -0.3 is 16.0 Å². The molecule has 22 heavy (non-hydrogen) atoms. The molecule has 2 heterocycles. The van der Waals surface area contributed by atoms with Gasteiger partial charge in [0.1, 0.15) is 11.0 Å². The van der Waals surface area contributed by atoms with Gasteiger partial charge in [0.2, 0.25) is 0 Å². The molecule has 2 aliphatic heterocycles. The SMILES string of the molecule is C=C1NC(=S)C(c2ccc(C#CC3NC(=O)NC3=O)cc2)N1. The maximum atomic E-state index is 11.4. The number of hydrogen-bond donors (Lipinski definition) is 4. The van der Waals surface area contributed by atoms with Crippen LogP contribution in [0, 0.1) is 11.8 Å². The second-order valence-corrected chi connectivity index (χ2v) is 5.27. The second kappa shape index (κ2) is 5.50. The Hall–Kier alpha value is -2.85. The molecule has 4 N–H and O–H groups in total. The van der Waals surface area contributed by atoms with Gasteiger partial charge in [-0.25, -0.2) is 4.79 Å². The standard InChI is InChI=1S/C15H12N4O2S/c1-8-16-12(14(22)17-8)10-5-2-9(3-6-10)4-7-11-13(20)19-15(21)18-11/h2-3,5-6,11-12,16H,1H2,(H,17,22)(H2,18,19,20,21). The summed E-state index contributed by atoms with van der Waals surface area (Å²) in [5, 5.41) is 10.7. The van der Waals surface area contributed by atoms with Gasteiger partial charge in [0.15, 0.2) is 6.04 Å². The Morgan fingerprint density at radius 3 is 2.36 bits per heavy atom. The first-order valence-corrected chi connectivity index (χ1v) is 6.93. The van der Waals surface area contributed by atoms with Crippen LogP contribution >= 0.6 is 12.2 Å². The zero-order valence-electron chi connectivity index (χ0n) is 11.4. The first-order valence-electron chi connectivity index (χ1n) is 6.52. The van der Waals surface area contributed by atoms with E-state index in [0.717, 1.165) is 11.1 Å². The van der Waals surface area contributed by atoms with Gasteiger partial charge in [0.25, 0.3) is 5.91 Å². The number of rotatable bonds is 1. The first-order chi connectivity index (χ1) is 10.5. The van der Waals surface area contributed by atoms with Gasteiger partial charge in [-0.2, -0.15) is 0 Å². The predicted molar refractivity (Wildman–Crippen MR) is 84.5 cm³/mol. The van der Waals surface area contributed by atoms with E-state index in [9.17, 15) is 9.59 Å². The molecule has 3 amide bonds. The Labute approximate surface area is 132 Å². The van der Waals surface area contributed by atoms with Crippen molar-refractivity contribution in [3.63, 3.8) is 0 Å². The number of amides is 3. The van der Waals surface area contributed by atoms with Gasteiger partial charge in [-0.15, -0.1) is 0 Å². The van der Waals surface area contributed by atoms with Crippen molar-refractivity contribution in [1.29, 1.82) is 0 Å². The van der Waals surface area contributed by atoms with Crippen molar-refractivity contribution >= 4 is 29.1 Å². The van der Waals surface area contributed by atoms with Crippen LogP contribution in [0.3, 0.4) is 0 Å². The van der Waals surface area contributed by atoms with E-state index >= 15 is 0 Å². The molecule has 2 saturated heterocycles. The predicted octanol–water partition coefficient (Wildman–Crippen LogP) is 0.279. The third kappa shape index (κ3) is 2.77.